The molecule has 1 N–H and O–H groups in total. The van der Waals surface area contributed by atoms with Gasteiger partial charge >= 0.3 is 5.97 Å². The van der Waals surface area contributed by atoms with Crippen LogP contribution in [0.5, 0.6) is 0 Å². The van der Waals surface area contributed by atoms with Gasteiger partial charge in [0, 0.05) is 10.8 Å². The maximum atomic E-state index is 11.7. The number of tetrazole rings is 1. The van der Waals surface area contributed by atoms with Gasteiger partial charge in [0.25, 0.3) is 0 Å². The molecule has 0 amide bonds. The number of hydrogen-bond acceptors (Lipinski definition) is 5. The fourth-order valence-corrected chi connectivity index (χ4v) is 1.68. The van der Waals surface area contributed by atoms with Crippen LogP contribution in [0.25, 0.3) is 0 Å². The van der Waals surface area contributed by atoms with Crippen LogP contribution in [0.3, 0.4) is 0 Å². The predicted octanol–water partition coefficient (Wildman–Crippen LogP) is -0.678. The van der Waals surface area contributed by atoms with Crippen molar-refractivity contribution in [1.29, 1.82) is 0 Å². The Kier molecular flexibility index (Phi) is 3.18. The van der Waals surface area contributed by atoms with Crippen LogP contribution in [-0.4, -0.2) is 40.2 Å². The minimum Gasteiger partial charge on any atom is -0.480 e. The van der Waals surface area contributed by atoms with Crippen molar-refractivity contribution in [2.24, 2.45) is 7.05 Å². The third kappa shape index (κ3) is 2.58. The SMILES string of the molecule is Cn1nnc(CS(=O)C(C)(C)C(=O)O)n1. The van der Waals surface area contributed by atoms with E-state index in [0.29, 0.717) is 0 Å². The highest BCUT2D eigenvalue weighted by atomic mass is 32.2. The number of carbonyl (C=O) groups is 1. The van der Waals surface area contributed by atoms with Crippen LogP contribution in [-0.2, 0) is 28.4 Å². The molecule has 0 fully saturated rings. The van der Waals surface area contributed by atoms with E-state index in [-0.39, 0.29) is 11.6 Å². The van der Waals surface area contributed by atoms with E-state index < -0.39 is 21.5 Å². The largest absolute Gasteiger partial charge is 0.480 e. The van der Waals surface area contributed by atoms with E-state index in [2.05, 4.69) is 15.4 Å². The van der Waals surface area contributed by atoms with E-state index in [1.54, 1.807) is 7.05 Å². The van der Waals surface area contributed by atoms with Gasteiger partial charge in [-0.2, -0.15) is 4.80 Å². The van der Waals surface area contributed by atoms with Gasteiger partial charge in [-0.1, -0.05) is 0 Å². The fourth-order valence-electron chi connectivity index (χ4n) is 0.776. The highest BCUT2D eigenvalue weighted by Crippen LogP contribution is 2.15. The van der Waals surface area contributed by atoms with E-state index >= 15 is 0 Å². The number of aliphatic carboxylic acids is 1. The van der Waals surface area contributed by atoms with Gasteiger partial charge in [-0.25, -0.2) is 0 Å². The Morgan fingerprint density at radius 3 is 2.60 bits per heavy atom. The van der Waals surface area contributed by atoms with Crippen molar-refractivity contribution in [2.45, 2.75) is 24.3 Å². The normalized spacial score (nSPS) is 13.8. The molecule has 1 aromatic rings. The van der Waals surface area contributed by atoms with E-state index in [1.165, 1.54) is 18.6 Å². The minimum atomic E-state index is -1.58. The first-order chi connectivity index (χ1) is 6.84. The van der Waals surface area contributed by atoms with Crippen molar-refractivity contribution in [3.63, 3.8) is 0 Å². The van der Waals surface area contributed by atoms with E-state index in [9.17, 15) is 9.00 Å². The first kappa shape index (κ1) is 11.8. The fraction of sp³-hybridized carbons (Fsp3) is 0.714. The van der Waals surface area contributed by atoms with Crippen molar-refractivity contribution >= 4 is 16.8 Å². The van der Waals surface area contributed by atoms with Gasteiger partial charge < -0.3 is 5.11 Å². The highest BCUT2D eigenvalue weighted by molar-refractivity contribution is 7.86. The van der Waals surface area contributed by atoms with Crippen LogP contribution in [0.15, 0.2) is 0 Å². The van der Waals surface area contributed by atoms with Gasteiger partial charge in [0.05, 0.1) is 12.8 Å². The maximum absolute atomic E-state index is 11.7. The molecule has 1 heterocycles. The Bertz CT molecular complexity index is 401. The van der Waals surface area contributed by atoms with E-state index in [0.717, 1.165) is 0 Å². The lowest BCUT2D eigenvalue weighted by Crippen LogP contribution is -2.37. The second-order valence-electron chi connectivity index (χ2n) is 3.50. The molecule has 0 aromatic carbocycles. The predicted molar refractivity (Wildman–Crippen MR) is 52.4 cm³/mol. The van der Waals surface area contributed by atoms with Crippen LogP contribution in [0.1, 0.15) is 19.7 Å². The molecular formula is C7H12N4O3S. The molecular weight excluding hydrogens is 220 g/mol. The Hall–Kier alpha value is -1.31. The summed E-state index contributed by atoms with van der Waals surface area (Å²) < 4.78 is 10.4. The second-order valence-corrected chi connectivity index (χ2v) is 5.50. The standard InChI is InChI=1S/C7H12N4O3S/c1-7(2,6(12)13)15(14)4-5-8-10-11(3)9-5/h4H2,1-3H3,(H,12,13). The summed E-state index contributed by atoms with van der Waals surface area (Å²) in [4.78, 5) is 12.0. The van der Waals surface area contributed by atoms with E-state index in [4.69, 9.17) is 5.11 Å². The van der Waals surface area contributed by atoms with Crippen LogP contribution in [0.2, 0.25) is 0 Å². The number of nitrogens with zero attached hydrogens (tertiary/aromatic N) is 4. The molecule has 7 nitrogen and oxygen atoms in total. The maximum Gasteiger partial charge on any atom is 0.321 e. The summed E-state index contributed by atoms with van der Waals surface area (Å²) in [6.45, 7) is 2.81. The molecule has 8 heteroatoms. The smallest absolute Gasteiger partial charge is 0.321 e. The van der Waals surface area contributed by atoms with Crippen LogP contribution in [0.4, 0.5) is 0 Å². The lowest BCUT2D eigenvalue weighted by atomic mass is 10.2. The molecule has 1 aromatic heterocycles. The zero-order valence-corrected chi connectivity index (χ0v) is 9.48. The van der Waals surface area contributed by atoms with Gasteiger partial charge in [-0.3, -0.25) is 9.00 Å². The van der Waals surface area contributed by atoms with Crippen molar-refractivity contribution in [3.8, 4) is 0 Å². The average Bonchev–Trinajstić information content (AvgIpc) is 2.50. The summed E-state index contributed by atoms with van der Waals surface area (Å²) in [5.41, 5.74) is 0. The first-order valence-corrected chi connectivity index (χ1v) is 5.50. The average molecular weight is 232 g/mol. The molecule has 0 radical (unpaired) electrons. The number of aromatic nitrogens is 4. The quantitative estimate of drug-likeness (QED) is 0.738. The van der Waals surface area contributed by atoms with Gasteiger partial charge in [0.2, 0.25) is 0 Å². The summed E-state index contributed by atoms with van der Waals surface area (Å²) in [5.74, 6) is -0.831. The number of aryl methyl sites for hydroxylation is 1. The lowest BCUT2D eigenvalue weighted by Gasteiger charge is -2.16. The molecule has 0 aliphatic carbocycles. The molecule has 1 atom stereocenters. The van der Waals surface area contributed by atoms with Gasteiger partial charge in [-0.05, 0) is 19.1 Å². The number of rotatable bonds is 4. The first-order valence-electron chi connectivity index (χ1n) is 4.19. The molecule has 1 rings (SSSR count). The Balaban J connectivity index is 2.76. The monoisotopic (exact) mass is 232 g/mol. The van der Waals surface area contributed by atoms with Gasteiger partial charge in [0.15, 0.2) is 5.82 Å². The van der Waals surface area contributed by atoms with Crippen LogP contribution < -0.4 is 0 Å². The molecule has 15 heavy (non-hydrogen) atoms. The molecule has 0 saturated carbocycles. The summed E-state index contributed by atoms with van der Waals surface area (Å²) in [7, 11) is 0.00909. The third-order valence-corrected chi connectivity index (χ3v) is 3.73. The van der Waals surface area contributed by atoms with Gasteiger partial charge in [-0.15, -0.1) is 10.2 Å². The van der Waals surface area contributed by atoms with Crippen molar-refractivity contribution in [3.05, 3.63) is 5.82 Å². The molecule has 0 saturated heterocycles. The summed E-state index contributed by atoms with van der Waals surface area (Å²) in [6.07, 6.45) is 0. The summed E-state index contributed by atoms with van der Waals surface area (Å²) >= 11 is 0. The molecule has 0 bridgehead atoms. The molecule has 84 valence electrons. The Labute approximate surface area is 88.9 Å². The van der Waals surface area contributed by atoms with Crippen LogP contribution in [0, 0.1) is 0 Å². The topological polar surface area (TPSA) is 98.0 Å². The molecule has 0 aliphatic rings. The Morgan fingerprint density at radius 2 is 2.20 bits per heavy atom. The lowest BCUT2D eigenvalue weighted by molar-refractivity contribution is -0.139. The van der Waals surface area contributed by atoms with E-state index in [1.807, 2.05) is 0 Å². The molecule has 0 spiro atoms. The zero-order valence-electron chi connectivity index (χ0n) is 8.67. The molecule has 1 unspecified atom stereocenters. The second kappa shape index (κ2) is 4.05. The minimum absolute atomic E-state index is 0.00681. The summed E-state index contributed by atoms with van der Waals surface area (Å²) in [5, 5.41) is 19.9. The van der Waals surface area contributed by atoms with Crippen molar-refractivity contribution < 1.29 is 14.1 Å². The highest BCUT2D eigenvalue weighted by Gasteiger charge is 2.35. The number of carboxylic acids is 1. The third-order valence-electron chi connectivity index (χ3n) is 1.89. The van der Waals surface area contributed by atoms with Crippen molar-refractivity contribution in [2.75, 3.05) is 0 Å². The van der Waals surface area contributed by atoms with Gasteiger partial charge in [0.1, 0.15) is 4.75 Å². The van der Waals surface area contributed by atoms with Crippen LogP contribution >= 0.6 is 0 Å². The zero-order chi connectivity index (χ0) is 11.6. The summed E-state index contributed by atoms with van der Waals surface area (Å²) in [6, 6.07) is 0. The number of carboxylic acid groups (broad SMARTS) is 1. The number of hydrogen-bond donors (Lipinski definition) is 1. The Morgan fingerprint density at radius 1 is 1.60 bits per heavy atom. The van der Waals surface area contributed by atoms with Crippen molar-refractivity contribution in [1.82, 2.24) is 20.2 Å². The molecule has 0 aliphatic heterocycles.